The minimum absolute atomic E-state index is 0.132. The molecule has 6 rings (SSSR count). The first-order chi connectivity index (χ1) is 15.5. The van der Waals surface area contributed by atoms with Crippen molar-refractivity contribution in [3.05, 3.63) is 100 Å². The number of Topliss-reactive ketones (excluding diaryl/α,β-unsaturated/α-hetero) is 2. The van der Waals surface area contributed by atoms with E-state index in [1.54, 1.807) is 18.2 Å². The first kappa shape index (κ1) is 18.8. The molecule has 0 fully saturated rings. The maximum Gasteiger partial charge on any atom is 0.197 e. The average Bonchev–Trinajstić information content (AvgIpc) is 3.41. The van der Waals surface area contributed by atoms with Gasteiger partial charge in [-0.3, -0.25) is 9.59 Å². The van der Waals surface area contributed by atoms with Gasteiger partial charge in [0, 0.05) is 35.3 Å². The zero-order valence-corrected chi connectivity index (χ0v) is 17.8. The van der Waals surface area contributed by atoms with Gasteiger partial charge in [-0.2, -0.15) is 0 Å². The Labute approximate surface area is 188 Å². The lowest BCUT2D eigenvalue weighted by atomic mass is 10.0. The molecule has 2 aromatic heterocycles. The molecule has 0 saturated heterocycles. The van der Waals surface area contributed by atoms with Crippen molar-refractivity contribution in [2.75, 3.05) is 0 Å². The zero-order valence-electron chi connectivity index (χ0n) is 17.1. The third-order valence-electron chi connectivity index (χ3n) is 6.04. The number of carbonyl (C=O) groups is 2. The van der Waals surface area contributed by atoms with E-state index in [0.29, 0.717) is 27.5 Å². The number of allylic oxidation sites excluding steroid dienone is 1. The van der Waals surface area contributed by atoms with Crippen LogP contribution < -0.4 is 0 Å². The van der Waals surface area contributed by atoms with Crippen molar-refractivity contribution in [3.8, 4) is 11.3 Å². The predicted octanol–water partition coefficient (Wildman–Crippen LogP) is 6.71. The minimum atomic E-state index is -0.266. The number of rotatable bonds is 2. The summed E-state index contributed by atoms with van der Waals surface area (Å²) in [6, 6.07) is 22.7. The van der Waals surface area contributed by atoms with Gasteiger partial charge in [0.1, 0.15) is 5.76 Å². The van der Waals surface area contributed by atoms with Gasteiger partial charge in [-0.15, -0.1) is 0 Å². The summed E-state index contributed by atoms with van der Waals surface area (Å²) in [5.41, 5.74) is 4.59. The van der Waals surface area contributed by atoms with E-state index in [0.717, 1.165) is 27.5 Å². The SMILES string of the molecule is Cn1c(-c2ccc(Cl)cc2)cc2oc(C=C3C(=O)c4cc5ccccc5cc4C3=O)cc21. The summed E-state index contributed by atoms with van der Waals surface area (Å²) in [4.78, 5) is 26.0. The van der Waals surface area contributed by atoms with E-state index >= 15 is 0 Å². The maximum atomic E-state index is 13.0. The Kier molecular flexibility index (Phi) is 4.01. The third kappa shape index (κ3) is 2.77. The second-order valence-corrected chi connectivity index (χ2v) is 8.39. The van der Waals surface area contributed by atoms with Gasteiger partial charge >= 0.3 is 0 Å². The Morgan fingerprint density at radius 2 is 1.47 bits per heavy atom. The van der Waals surface area contributed by atoms with Crippen LogP contribution in [0.3, 0.4) is 0 Å². The summed E-state index contributed by atoms with van der Waals surface area (Å²) in [6.45, 7) is 0. The standard InChI is InChI=1S/C27H16ClNO3/c1-29-23(15-6-8-18(28)9-7-15)14-25-24(29)13-19(32-25)12-22-26(30)20-10-16-4-2-3-5-17(16)11-21(20)27(22)31/h2-14H,1H3. The van der Waals surface area contributed by atoms with Crippen LogP contribution in [0.1, 0.15) is 26.5 Å². The number of benzene rings is 3. The number of aryl methyl sites for hydroxylation is 1. The number of hydrogen-bond donors (Lipinski definition) is 0. The normalized spacial score (nSPS) is 13.4. The number of hydrogen-bond acceptors (Lipinski definition) is 3. The molecule has 4 nitrogen and oxygen atoms in total. The molecule has 0 amide bonds. The monoisotopic (exact) mass is 437 g/mol. The van der Waals surface area contributed by atoms with Crippen molar-refractivity contribution in [3.63, 3.8) is 0 Å². The summed E-state index contributed by atoms with van der Waals surface area (Å²) in [5.74, 6) is -0.0570. The van der Waals surface area contributed by atoms with Crippen LogP contribution in [0.25, 0.3) is 39.2 Å². The molecule has 0 atom stereocenters. The Balaban J connectivity index is 1.40. The molecule has 5 aromatic rings. The van der Waals surface area contributed by atoms with E-state index in [-0.39, 0.29) is 17.1 Å². The Bertz CT molecular complexity index is 1560. The predicted molar refractivity (Wildman–Crippen MR) is 126 cm³/mol. The summed E-state index contributed by atoms with van der Waals surface area (Å²) >= 11 is 6.00. The molecule has 0 saturated carbocycles. The van der Waals surface area contributed by atoms with E-state index in [4.69, 9.17) is 16.0 Å². The van der Waals surface area contributed by atoms with Crippen LogP contribution in [-0.4, -0.2) is 16.1 Å². The van der Waals surface area contributed by atoms with Gasteiger partial charge in [0.25, 0.3) is 0 Å². The van der Waals surface area contributed by atoms with Crippen LogP contribution in [-0.2, 0) is 7.05 Å². The molecule has 0 aliphatic heterocycles. The van der Waals surface area contributed by atoms with Crippen LogP contribution in [0.5, 0.6) is 0 Å². The molecule has 154 valence electrons. The van der Waals surface area contributed by atoms with Gasteiger partial charge in [0.15, 0.2) is 17.1 Å². The van der Waals surface area contributed by atoms with Gasteiger partial charge in [0.2, 0.25) is 0 Å². The second kappa shape index (κ2) is 6.81. The van der Waals surface area contributed by atoms with Crippen molar-refractivity contribution in [2.45, 2.75) is 0 Å². The van der Waals surface area contributed by atoms with Crippen LogP contribution in [0.15, 0.2) is 82.8 Å². The molecule has 1 aliphatic carbocycles. The lowest BCUT2D eigenvalue weighted by Gasteiger charge is -2.03. The van der Waals surface area contributed by atoms with E-state index in [1.807, 2.05) is 72.3 Å². The summed E-state index contributed by atoms with van der Waals surface area (Å²) in [6.07, 6.45) is 1.55. The average molecular weight is 438 g/mol. The number of furan rings is 1. The van der Waals surface area contributed by atoms with Crippen molar-refractivity contribution in [1.82, 2.24) is 4.57 Å². The fourth-order valence-electron chi connectivity index (χ4n) is 4.38. The van der Waals surface area contributed by atoms with Gasteiger partial charge < -0.3 is 8.98 Å². The highest BCUT2D eigenvalue weighted by atomic mass is 35.5. The van der Waals surface area contributed by atoms with Crippen LogP contribution in [0.2, 0.25) is 5.02 Å². The molecule has 0 unspecified atom stereocenters. The highest BCUT2D eigenvalue weighted by Crippen LogP contribution is 2.34. The lowest BCUT2D eigenvalue weighted by Crippen LogP contribution is -1.99. The highest BCUT2D eigenvalue weighted by Gasteiger charge is 2.33. The molecule has 0 spiro atoms. The molecule has 5 heteroatoms. The molecule has 0 N–H and O–H groups in total. The largest absolute Gasteiger partial charge is 0.455 e. The minimum Gasteiger partial charge on any atom is -0.455 e. The molecule has 2 heterocycles. The van der Waals surface area contributed by atoms with Crippen LogP contribution >= 0.6 is 11.6 Å². The Morgan fingerprint density at radius 1 is 0.844 bits per heavy atom. The summed E-state index contributed by atoms with van der Waals surface area (Å²) in [5, 5.41) is 2.56. The van der Waals surface area contributed by atoms with Crippen LogP contribution in [0, 0.1) is 0 Å². The van der Waals surface area contributed by atoms with E-state index in [1.165, 1.54) is 0 Å². The molecular formula is C27H16ClNO3. The topological polar surface area (TPSA) is 52.2 Å². The number of aromatic nitrogens is 1. The molecule has 3 aromatic carbocycles. The van der Waals surface area contributed by atoms with Crippen LogP contribution in [0.4, 0.5) is 0 Å². The molecule has 0 bridgehead atoms. The third-order valence-corrected chi connectivity index (χ3v) is 6.29. The number of halogens is 1. The van der Waals surface area contributed by atoms with E-state index < -0.39 is 0 Å². The number of ketones is 2. The lowest BCUT2D eigenvalue weighted by molar-refractivity contribution is 0.0990. The van der Waals surface area contributed by atoms with E-state index in [2.05, 4.69) is 0 Å². The number of nitrogens with zero attached hydrogens (tertiary/aromatic N) is 1. The van der Waals surface area contributed by atoms with Gasteiger partial charge in [-0.1, -0.05) is 48.0 Å². The van der Waals surface area contributed by atoms with Gasteiger partial charge in [-0.05, 0) is 46.7 Å². The Morgan fingerprint density at radius 3 is 2.06 bits per heavy atom. The van der Waals surface area contributed by atoms with Gasteiger partial charge in [0.05, 0.1) is 16.8 Å². The zero-order chi connectivity index (χ0) is 22.0. The highest BCUT2D eigenvalue weighted by molar-refractivity contribution is 6.42. The second-order valence-electron chi connectivity index (χ2n) is 7.95. The first-order valence-electron chi connectivity index (χ1n) is 10.2. The number of carbonyl (C=O) groups excluding carboxylic acids is 2. The molecular weight excluding hydrogens is 422 g/mol. The maximum absolute atomic E-state index is 13.0. The molecule has 1 aliphatic rings. The quantitative estimate of drug-likeness (QED) is 0.228. The fourth-order valence-corrected chi connectivity index (χ4v) is 4.51. The Hall–Kier alpha value is -3.89. The smallest absolute Gasteiger partial charge is 0.197 e. The number of fused-ring (bicyclic) bond motifs is 3. The van der Waals surface area contributed by atoms with E-state index in [9.17, 15) is 9.59 Å². The van der Waals surface area contributed by atoms with Gasteiger partial charge in [-0.25, -0.2) is 0 Å². The first-order valence-corrected chi connectivity index (χ1v) is 10.6. The fraction of sp³-hybridized carbons (Fsp3) is 0.0370. The van der Waals surface area contributed by atoms with Crippen molar-refractivity contribution >= 4 is 51.1 Å². The van der Waals surface area contributed by atoms with Crippen molar-refractivity contribution in [1.29, 1.82) is 0 Å². The van der Waals surface area contributed by atoms with Crippen molar-refractivity contribution in [2.24, 2.45) is 7.05 Å². The van der Waals surface area contributed by atoms with Crippen molar-refractivity contribution < 1.29 is 14.0 Å². The summed E-state index contributed by atoms with van der Waals surface area (Å²) < 4.78 is 8.00. The molecule has 0 radical (unpaired) electrons. The molecule has 32 heavy (non-hydrogen) atoms. The summed E-state index contributed by atoms with van der Waals surface area (Å²) in [7, 11) is 1.95.